The van der Waals surface area contributed by atoms with Crippen molar-refractivity contribution >= 4 is 5.97 Å². The topological polar surface area (TPSA) is 26.3 Å². The molecule has 0 radical (unpaired) electrons. The highest BCUT2D eigenvalue weighted by atomic mass is 19.3. The van der Waals surface area contributed by atoms with Crippen molar-refractivity contribution in [1.82, 2.24) is 0 Å². The largest absolute Gasteiger partial charge is 0.469 e. The van der Waals surface area contributed by atoms with Crippen molar-refractivity contribution in [3.63, 3.8) is 0 Å². The summed E-state index contributed by atoms with van der Waals surface area (Å²) in [6, 6.07) is 0. The summed E-state index contributed by atoms with van der Waals surface area (Å²) in [6.45, 7) is 0. The molecule has 2 aliphatic carbocycles. The van der Waals surface area contributed by atoms with Crippen LogP contribution in [-0.2, 0) is 9.53 Å². The molecule has 78 valence electrons. The molecule has 0 saturated heterocycles. The lowest BCUT2D eigenvalue weighted by Gasteiger charge is -2.27. The van der Waals surface area contributed by atoms with Gasteiger partial charge in [0.05, 0.1) is 13.0 Å². The third-order valence-corrected chi connectivity index (χ3v) is 2.76. The van der Waals surface area contributed by atoms with E-state index in [-0.39, 0.29) is 11.5 Å². The average molecular weight is 206 g/mol. The lowest BCUT2D eigenvalue weighted by molar-refractivity contribution is -0.142. The van der Waals surface area contributed by atoms with Crippen molar-refractivity contribution in [2.45, 2.75) is 18.8 Å². The molecule has 2 atom stereocenters. The van der Waals surface area contributed by atoms with E-state index in [1.807, 2.05) is 0 Å². The molecule has 1 saturated carbocycles. The van der Waals surface area contributed by atoms with Gasteiger partial charge in [0.25, 0.3) is 0 Å². The van der Waals surface area contributed by atoms with Crippen LogP contribution in [0.15, 0.2) is 11.4 Å². The summed E-state index contributed by atoms with van der Waals surface area (Å²) in [5, 5.41) is 0. The number of hydrogen-bond acceptors (Lipinski definition) is 2. The van der Waals surface area contributed by atoms with E-state index in [0.717, 1.165) is 0 Å². The molecular formula is C9H9F3O2. The smallest absolute Gasteiger partial charge is 0.309 e. The van der Waals surface area contributed by atoms with Crippen molar-refractivity contribution in [1.29, 1.82) is 0 Å². The Kier molecular flexibility index (Phi) is 1.87. The van der Waals surface area contributed by atoms with Crippen LogP contribution in [-0.4, -0.2) is 19.0 Å². The van der Waals surface area contributed by atoms with Gasteiger partial charge in [-0.3, -0.25) is 4.79 Å². The van der Waals surface area contributed by atoms with Crippen LogP contribution in [0.3, 0.4) is 0 Å². The van der Waals surface area contributed by atoms with Crippen LogP contribution in [0, 0.1) is 11.8 Å². The quantitative estimate of drug-likeness (QED) is 0.646. The van der Waals surface area contributed by atoms with Gasteiger partial charge < -0.3 is 4.74 Å². The number of rotatable bonds is 2. The Morgan fingerprint density at radius 1 is 1.57 bits per heavy atom. The highest BCUT2D eigenvalue weighted by Crippen LogP contribution is 2.56. The van der Waals surface area contributed by atoms with Crippen molar-refractivity contribution < 1.29 is 22.7 Å². The Morgan fingerprint density at radius 3 is 2.64 bits per heavy atom. The molecule has 0 unspecified atom stereocenters. The van der Waals surface area contributed by atoms with E-state index < -0.39 is 30.1 Å². The fraction of sp³-hybridized carbons (Fsp3) is 0.667. The maximum atomic E-state index is 12.8. The summed E-state index contributed by atoms with van der Waals surface area (Å²) in [7, 11) is 1.23. The molecule has 1 fully saturated rings. The van der Waals surface area contributed by atoms with Crippen molar-refractivity contribution in [2.24, 2.45) is 11.8 Å². The molecule has 0 amide bonds. The van der Waals surface area contributed by atoms with Gasteiger partial charge >= 0.3 is 11.9 Å². The van der Waals surface area contributed by atoms with Gasteiger partial charge in [0.15, 0.2) is 5.83 Å². The Morgan fingerprint density at radius 2 is 2.21 bits per heavy atom. The molecule has 14 heavy (non-hydrogen) atoms. The SMILES string of the molecule is COC(=O)[C@@H]1C[C@@H]1C1=C(F)C(F)(F)C1. The lowest BCUT2D eigenvalue weighted by Crippen LogP contribution is -2.30. The van der Waals surface area contributed by atoms with E-state index in [4.69, 9.17) is 0 Å². The second-order valence-corrected chi connectivity index (χ2v) is 3.69. The molecule has 0 spiro atoms. The van der Waals surface area contributed by atoms with Gasteiger partial charge in [-0.05, 0) is 17.9 Å². The van der Waals surface area contributed by atoms with E-state index in [0.29, 0.717) is 6.42 Å². The van der Waals surface area contributed by atoms with Gasteiger partial charge in [-0.25, -0.2) is 4.39 Å². The Hall–Kier alpha value is -1.00. The Labute approximate surface area is 78.7 Å². The molecular weight excluding hydrogens is 197 g/mol. The van der Waals surface area contributed by atoms with Gasteiger partial charge in [0.2, 0.25) is 0 Å². The molecule has 0 N–H and O–H groups in total. The molecule has 0 aromatic rings. The van der Waals surface area contributed by atoms with Gasteiger partial charge in [-0.2, -0.15) is 8.78 Å². The first kappa shape index (κ1) is 9.55. The lowest BCUT2D eigenvalue weighted by atomic mass is 9.88. The molecule has 0 bridgehead atoms. The predicted molar refractivity (Wildman–Crippen MR) is 41.3 cm³/mol. The minimum Gasteiger partial charge on any atom is -0.469 e. The van der Waals surface area contributed by atoms with Crippen LogP contribution < -0.4 is 0 Å². The Bertz CT molecular complexity index is 322. The third-order valence-electron chi connectivity index (χ3n) is 2.76. The number of ether oxygens (including phenoxy) is 1. The molecule has 0 aromatic carbocycles. The first-order valence-corrected chi connectivity index (χ1v) is 4.32. The zero-order valence-electron chi connectivity index (χ0n) is 7.52. The standard InChI is InChI=1S/C9H9F3O2/c1-14-8(13)5-2-4(5)6-3-9(11,12)7(6)10/h4-5H,2-3H2,1H3/t4-,5+/m0/s1. The molecule has 2 aliphatic rings. The normalized spacial score (nSPS) is 33.7. The Balaban J connectivity index is 2.03. The number of allylic oxidation sites excluding steroid dienone is 2. The summed E-state index contributed by atoms with van der Waals surface area (Å²) < 4.78 is 42.1. The number of methoxy groups -OCH3 is 1. The van der Waals surface area contributed by atoms with Crippen LogP contribution in [0.4, 0.5) is 13.2 Å². The van der Waals surface area contributed by atoms with Gasteiger partial charge in [0, 0.05) is 6.42 Å². The van der Waals surface area contributed by atoms with Crippen LogP contribution in [0.25, 0.3) is 0 Å². The molecule has 5 heteroatoms. The molecule has 0 aliphatic heterocycles. The summed E-state index contributed by atoms with van der Waals surface area (Å²) in [5.41, 5.74) is 0.102. The second kappa shape index (κ2) is 2.74. The number of hydrogen-bond donors (Lipinski definition) is 0. The van der Waals surface area contributed by atoms with E-state index in [1.54, 1.807) is 0 Å². The van der Waals surface area contributed by atoms with Crippen LogP contribution in [0.1, 0.15) is 12.8 Å². The van der Waals surface area contributed by atoms with Crippen LogP contribution >= 0.6 is 0 Å². The van der Waals surface area contributed by atoms with Crippen molar-refractivity contribution in [3.05, 3.63) is 11.4 Å². The molecule has 0 aromatic heterocycles. The number of carbonyl (C=O) groups excluding carboxylic acids is 1. The number of esters is 1. The number of carbonyl (C=O) groups is 1. The fourth-order valence-electron chi connectivity index (χ4n) is 1.81. The van der Waals surface area contributed by atoms with Crippen LogP contribution in [0.2, 0.25) is 0 Å². The van der Waals surface area contributed by atoms with Gasteiger partial charge in [-0.1, -0.05) is 0 Å². The van der Waals surface area contributed by atoms with Gasteiger partial charge in [-0.15, -0.1) is 0 Å². The van der Waals surface area contributed by atoms with Gasteiger partial charge in [0.1, 0.15) is 0 Å². The first-order valence-electron chi connectivity index (χ1n) is 4.32. The molecule has 0 heterocycles. The number of alkyl halides is 2. The van der Waals surface area contributed by atoms with Crippen molar-refractivity contribution in [3.8, 4) is 0 Å². The highest BCUT2D eigenvalue weighted by molar-refractivity contribution is 5.76. The average Bonchev–Trinajstić information content (AvgIpc) is 2.92. The fourth-order valence-corrected chi connectivity index (χ4v) is 1.81. The maximum Gasteiger partial charge on any atom is 0.309 e. The summed E-state index contributed by atoms with van der Waals surface area (Å²) in [6.07, 6.45) is -0.109. The zero-order valence-corrected chi connectivity index (χ0v) is 7.52. The monoisotopic (exact) mass is 206 g/mol. The zero-order chi connectivity index (χ0) is 10.5. The minimum atomic E-state index is -3.29. The van der Waals surface area contributed by atoms with E-state index >= 15 is 0 Å². The minimum absolute atomic E-state index is 0.102. The summed E-state index contributed by atoms with van der Waals surface area (Å²) in [4.78, 5) is 10.9. The third kappa shape index (κ3) is 1.22. The highest BCUT2D eigenvalue weighted by Gasteiger charge is 2.57. The predicted octanol–water partition coefficient (Wildman–Crippen LogP) is 2.06. The second-order valence-electron chi connectivity index (χ2n) is 3.69. The maximum absolute atomic E-state index is 12.8. The van der Waals surface area contributed by atoms with E-state index in [9.17, 15) is 18.0 Å². The molecule has 2 rings (SSSR count). The summed E-state index contributed by atoms with van der Waals surface area (Å²) >= 11 is 0. The first-order chi connectivity index (χ1) is 6.47. The molecule has 2 nitrogen and oxygen atoms in total. The van der Waals surface area contributed by atoms with Crippen molar-refractivity contribution in [2.75, 3.05) is 7.11 Å². The summed E-state index contributed by atoms with van der Waals surface area (Å²) in [5.74, 6) is -5.82. The number of halogens is 3. The van der Waals surface area contributed by atoms with E-state index in [1.165, 1.54) is 7.11 Å². The van der Waals surface area contributed by atoms with Crippen LogP contribution in [0.5, 0.6) is 0 Å². The van der Waals surface area contributed by atoms with E-state index in [2.05, 4.69) is 4.74 Å².